The molecular formula is C15H21N3O. The molecule has 1 aromatic rings. The van der Waals surface area contributed by atoms with Crippen molar-refractivity contribution in [2.24, 2.45) is 0 Å². The molecule has 0 aromatic carbocycles. The molecule has 0 amide bonds. The number of rotatable bonds is 3. The molecule has 0 N–H and O–H groups in total. The number of pyridine rings is 1. The van der Waals surface area contributed by atoms with Crippen molar-refractivity contribution in [3.8, 4) is 0 Å². The number of hydrogen-bond donors (Lipinski definition) is 0. The summed E-state index contributed by atoms with van der Waals surface area (Å²) in [6, 6.07) is 4.78. The monoisotopic (exact) mass is 259 g/mol. The Morgan fingerprint density at radius 1 is 1.47 bits per heavy atom. The fourth-order valence-corrected chi connectivity index (χ4v) is 2.95. The summed E-state index contributed by atoms with van der Waals surface area (Å²) < 4.78 is 5.53. The number of anilines is 1. The van der Waals surface area contributed by atoms with Gasteiger partial charge in [0.15, 0.2) is 0 Å². The van der Waals surface area contributed by atoms with Gasteiger partial charge in [-0.25, -0.2) is 4.98 Å². The highest BCUT2D eigenvalue weighted by molar-refractivity contribution is 5.48. The van der Waals surface area contributed by atoms with Crippen molar-refractivity contribution in [3.05, 3.63) is 36.5 Å². The molecule has 102 valence electrons. The predicted octanol–water partition coefficient (Wildman–Crippen LogP) is 1.68. The van der Waals surface area contributed by atoms with E-state index in [1.807, 2.05) is 18.3 Å². The molecule has 2 aliphatic rings. The molecule has 3 heterocycles. The molecule has 0 aliphatic carbocycles. The fraction of sp³-hybridized carbons (Fsp3) is 0.533. The second kappa shape index (κ2) is 5.72. The summed E-state index contributed by atoms with van der Waals surface area (Å²) in [5.74, 6) is 1.11. The molecule has 2 aliphatic heterocycles. The Hall–Kier alpha value is -1.39. The zero-order valence-electron chi connectivity index (χ0n) is 11.3. The quantitative estimate of drug-likeness (QED) is 0.772. The van der Waals surface area contributed by atoms with Gasteiger partial charge in [-0.3, -0.25) is 4.90 Å². The zero-order chi connectivity index (χ0) is 13.1. The van der Waals surface area contributed by atoms with Crippen molar-refractivity contribution < 1.29 is 4.74 Å². The Labute approximate surface area is 114 Å². The maximum absolute atomic E-state index is 5.53. The van der Waals surface area contributed by atoms with Gasteiger partial charge in [0.2, 0.25) is 0 Å². The first-order chi connectivity index (χ1) is 9.38. The normalized spacial score (nSPS) is 24.0. The van der Waals surface area contributed by atoms with Gasteiger partial charge in [-0.1, -0.05) is 12.1 Å². The van der Waals surface area contributed by atoms with E-state index >= 15 is 0 Å². The lowest BCUT2D eigenvalue weighted by atomic mass is 10.2. The summed E-state index contributed by atoms with van der Waals surface area (Å²) in [6.45, 7) is 9.54. The van der Waals surface area contributed by atoms with Crippen LogP contribution in [0.25, 0.3) is 0 Å². The van der Waals surface area contributed by atoms with Crippen LogP contribution in [0.2, 0.25) is 0 Å². The van der Waals surface area contributed by atoms with Crippen LogP contribution in [0.4, 0.5) is 5.82 Å². The lowest BCUT2D eigenvalue weighted by molar-refractivity contribution is 0.142. The van der Waals surface area contributed by atoms with E-state index in [4.69, 9.17) is 4.74 Å². The van der Waals surface area contributed by atoms with Crippen molar-refractivity contribution in [2.45, 2.75) is 19.0 Å². The van der Waals surface area contributed by atoms with E-state index in [-0.39, 0.29) is 0 Å². The van der Waals surface area contributed by atoms with E-state index in [2.05, 4.69) is 27.4 Å². The summed E-state index contributed by atoms with van der Waals surface area (Å²) in [5, 5.41) is 0. The molecule has 4 heteroatoms. The van der Waals surface area contributed by atoms with E-state index in [1.165, 1.54) is 5.56 Å². The third-order valence-electron chi connectivity index (χ3n) is 3.97. The van der Waals surface area contributed by atoms with Crippen LogP contribution in [0.15, 0.2) is 31.0 Å². The van der Waals surface area contributed by atoms with Gasteiger partial charge in [0.1, 0.15) is 5.82 Å². The van der Waals surface area contributed by atoms with Gasteiger partial charge in [-0.05, 0) is 12.5 Å². The van der Waals surface area contributed by atoms with Crippen LogP contribution < -0.4 is 4.90 Å². The number of fused-ring (bicyclic) bond motifs is 1. The third kappa shape index (κ3) is 2.65. The molecule has 1 aromatic heterocycles. The smallest absolute Gasteiger partial charge is 0.133 e. The number of ether oxygens (including phenoxy) is 1. The van der Waals surface area contributed by atoms with Crippen molar-refractivity contribution in [2.75, 3.05) is 37.7 Å². The van der Waals surface area contributed by atoms with Crippen molar-refractivity contribution in [1.82, 2.24) is 9.88 Å². The van der Waals surface area contributed by atoms with E-state index < -0.39 is 0 Å². The highest BCUT2D eigenvalue weighted by Gasteiger charge is 2.27. The largest absolute Gasteiger partial charge is 0.380 e. The maximum atomic E-state index is 5.53. The molecule has 1 fully saturated rings. The minimum absolute atomic E-state index is 0.566. The molecule has 0 bridgehead atoms. The van der Waals surface area contributed by atoms with Crippen molar-refractivity contribution in [1.29, 1.82) is 0 Å². The molecule has 0 radical (unpaired) electrons. The molecule has 1 unspecified atom stereocenters. The second-order valence-electron chi connectivity index (χ2n) is 5.21. The average molecular weight is 259 g/mol. The zero-order valence-corrected chi connectivity index (χ0v) is 11.3. The average Bonchev–Trinajstić information content (AvgIpc) is 2.90. The summed E-state index contributed by atoms with van der Waals surface area (Å²) >= 11 is 0. The first-order valence-corrected chi connectivity index (χ1v) is 7.00. The first-order valence-electron chi connectivity index (χ1n) is 7.00. The van der Waals surface area contributed by atoms with Gasteiger partial charge in [0.05, 0.1) is 6.61 Å². The Bertz CT molecular complexity index is 443. The highest BCUT2D eigenvalue weighted by Crippen LogP contribution is 2.25. The molecule has 1 atom stereocenters. The van der Waals surface area contributed by atoms with E-state index in [9.17, 15) is 0 Å². The Kier molecular flexibility index (Phi) is 3.80. The van der Waals surface area contributed by atoms with Gasteiger partial charge in [-0.15, -0.1) is 6.58 Å². The second-order valence-corrected chi connectivity index (χ2v) is 5.21. The van der Waals surface area contributed by atoms with E-state index in [0.717, 1.165) is 51.6 Å². The Morgan fingerprint density at radius 3 is 3.21 bits per heavy atom. The minimum Gasteiger partial charge on any atom is -0.380 e. The van der Waals surface area contributed by atoms with E-state index in [0.29, 0.717) is 6.04 Å². The van der Waals surface area contributed by atoms with Crippen LogP contribution in [0.3, 0.4) is 0 Å². The molecule has 4 nitrogen and oxygen atoms in total. The SMILES string of the molecule is C=CCN1CCN(C2CCOC2)Cc2cccnc21. The maximum Gasteiger partial charge on any atom is 0.133 e. The standard InChI is InChI=1S/C15H21N3O/c1-2-7-17-8-9-18(14-5-10-19-12-14)11-13-4-3-6-16-15(13)17/h2-4,6,14H,1,5,7-12H2. The predicted molar refractivity (Wildman–Crippen MR) is 76.3 cm³/mol. The Balaban J connectivity index is 1.84. The van der Waals surface area contributed by atoms with Crippen molar-refractivity contribution >= 4 is 5.82 Å². The van der Waals surface area contributed by atoms with Gasteiger partial charge >= 0.3 is 0 Å². The highest BCUT2D eigenvalue weighted by atomic mass is 16.5. The lowest BCUT2D eigenvalue weighted by Crippen LogP contribution is -2.38. The van der Waals surface area contributed by atoms with Crippen LogP contribution in [0.5, 0.6) is 0 Å². The molecule has 3 rings (SSSR count). The van der Waals surface area contributed by atoms with E-state index in [1.54, 1.807) is 0 Å². The van der Waals surface area contributed by atoms with Crippen LogP contribution in [0.1, 0.15) is 12.0 Å². The van der Waals surface area contributed by atoms with Gasteiger partial charge < -0.3 is 9.64 Å². The van der Waals surface area contributed by atoms with Crippen LogP contribution in [0, 0.1) is 0 Å². The van der Waals surface area contributed by atoms with Crippen LogP contribution in [-0.4, -0.2) is 48.8 Å². The van der Waals surface area contributed by atoms with Gasteiger partial charge in [0.25, 0.3) is 0 Å². The Morgan fingerprint density at radius 2 is 2.42 bits per heavy atom. The van der Waals surface area contributed by atoms with Crippen molar-refractivity contribution in [3.63, 3.8) is 0 Å². The molecule has 19 heavy (non-hydrogen) atoms. The molecule has 0 spiro atoms. The number of aromatic nitrogens is 1. The molecular weight excluding hydrogens is 238 g/mol. The van der Waals surface area contributed by atoms with Crippen LogP contribution in [-0.2, 0) is 11.3 Å². The summed E-state index contributed by atoms with van der Waals surface area (Å²) in [4.78, 5) is 9.42. The third-order valence-corrected chi connectivity index (χ3v) is 3.97. The molecule has 1 saturated heterocycles. The first kappa shape index (κ1) is 12.6. The van der Waals surface area contributed by atoms with Gasteiger partial charge in [0, 0.05) is 50.6 Å². The summed E-state index contributed by atoms with van der Waals surface area (Å²) in [5.41, 5.74) is 1.31. The fourth-order valence-electron chi connectivity index (χ4n) is 2.95. The lowest BCUT2D eigenvalue weighted by Gasteiger charge is -2.26. The number of nitrogens with zero attached hydrogens (tertiary/aromatic N) is 3. The topological polar surface area (TPSA) is 28.6 Å². The minimum atomic E-state index is 0.566. The summed E-state index contributed by atoms with van der Waals surface area (Å²) in [6.07, 6.45) is 4.98. The van der Waals surface area contributed by atoms with Crippen LogP contribution >= 0.6 is 0 Å². The summed E-state index contributed by atoms with van der Waals surface area (Å²) in [7, 11) is 0. The molecule has 0 saturated carbocycles. The van der Waals surface area contributed by atoms with Gasteiger partial charge in [-0.2, -0.15) is 0 Å². The number of hydrogen-bond acceptors (Lipinski definition) is 4.